The van der Waals surface area contributed by atoms with Crippen LogP contribution in [0.25, 0.3) is 16.6 Å². The van der Waals surface area contributed by atoms with E-state index in [0.29, 0.717) is 6.61 Å². The fourth-order valence-corrected chi connectivity index (χ4v) is 6.16. The summed E-state index contributed by atoms with van der Waals surface area (Å²) in [6.07, 6.45) is 7.58. The normalized spacial score (nSPS) is 11.2. The zero-order valence-electron chi connectivity index (χ0n) is 17.4. The Morgan fingerprint density at radius 2 is 2.06 bits per heavy atom. The number of para-hydroxylation sites is 1. The molecule has 5 aromatic rings. The van der Waals surface area contributed by atoms with Gasteiger partial charge in [-0.25, -0.2) is 9.97 Å². The first kappa shape index (κ1) is 21.4. The molecule has 0 N–H and O–H groups in total. The van der Waals surface area contributed by atoms with Gasteiger partial charge in [0.2, 0.25) is 0 Å². The van der Waals surface area contributed by atoms with Gasteiger partial charge in [-0.2, -0.15) is 0 Å². The standard InChI is InChI=1S/C24H19IN4OS2/c1-15-11-20(29-9-8-27-16(29)2)17-5-3-6-21(24(17)28-15)30-14-18-19(25)12-26-13-22(18)32-23-7-4-10-31-23/h3-13H,14H2,1-2H3. The fourth-order valence-electron chi connectivity index (χ4n) is 3.53. The average molecular weight is 570 g/mol. The van der Waals surface area contributed by atoms with Crippen molar-refractivity contribution in [2.75, 3.05) is 0 Å². The molecule has 5 rings (SSSR count). The second kappa shape index (κ2) is 9.21. The molecular formula is C24H19IN4OS2. The van der Waals surface area contributed by atoms with Crippen molar-refractivity contribution in [3.8, 4) is 11.4 Å². The highest BCUT2D eigenvalue weighted by molar-refractivity contribution is 14.1. The molecule has 0 amide bonds. The molecule has 0 saturated heterocycles. The molecule has 0 atom stereocenters. The molecule has 8 heteroatoms. The van der Waals surface area contributed by atoms with Crippen LogP contribution in [0.2, 0.25) is 0 Å². The van der Waals surface area contributed by atoms with E-state index in [0.717, 1.165) is 47.9 Å². The van der Waals surface area contributed by atoms with Crippen LogP contribution in [-0.2, 0) is 6.61 Å². The van der Waals surface area contributed by atoms with Gasteiger partial charge in [-0.1, -0.05) is 30.0 Å². The SMILES string of the molecule is Cc1cc(-n2ccnc2C)c2cccc(OCc3c(I)cncc3Sc3cccs3)c2n1. The van der Waals surface area contributed by atoms with Gasteiger partial charge >= 0.3 is 0 Å². The molecule has 4 heterocycles. The number of pyridine rings is 2. The molecule has 0 spiro atoms. The molecule has 0 aliphatic carbocycles. The Bertz CT molecular complexity index is 1400. The Morgan fingerprint density at radius 3 is 2.84 bits per heavy atom. The molecule has 5 nitrogen and oxygen atoms in total. The lowest BCUT2D eigenvalue weighted by Gasteiger charge is -2.15. The Balaban J connectivity index is 1.51. The maximum absolute atomic E-state index is 6.37. The number of hydrogen-bond donors (Lipinski definition) is 0. The van der Waals surface area contributed by atoms with Crippen LogP contribution in [0.5, 0.6) is 5.75 Å². The number of aryl methyl sites for hydroxylation is 2. The highest BCUT2D eigenvalue weighted by atomic mass is 127. The third-order valence-corrected chi connectivity index (χ3v) is 8.08. The van der Waals surface area contributed by atoms with E-state index >= 15 is 0 Å². The number of imidazole rings is 1. The zero-order chi connectivity index (χ0) is 22.1. The van der Waals surface area contributed by atoms with Crippen molar-refractivity contribution < 1.29 is 4.74 Å². The van der Waals surface area contributed by atoms with Crippen LogP contribution in [0.3, 0.4) is 0 Å². The molecule has 0 fully saturated rings. The summed E-state index contributed by atoms with van der Waals surface area (Å²) < 4.78 is 10.8. The number of halogens is 1. The third kappa shape index (κ3) is 4.26. The number of ether oxygens (including phenoxy) is 1. The van der Waals surface area contributed by atoms with E-state index in [4.69, 9.17) is 9.72 Å². The minimum absolute atomic E-state index is 0.447. The summed E-state index contributed by atoms with van der Waals surface area (Å²) in [4.78, 5) is 14.7. The number of thiophene rings is 1. The largest absolute Gasteiger partial charge is 0.487 e. The number of nitrogens with zero attached hydrogens (tertiary/aromatic N) is 4. The zero-order valence-corrected chi connectivity index (χ0v) is 21.2. The van der Waals surface area contributed by atoms with E-state index in [9.17, 15) is 0 Å². The molecular weight excluding hydrogens is 551 g/mol. The van der Waals surface area contributed by atoms with Crippen molar-refractivity contribution in [3.05, 3.63) is 87.2 Å². The number of hydrogen-bond acceptors (Lipinski definition) is 6. The maximum atomic E-state index is 6.37. The van der Waals surface area contributed by atoms with Gasteiger partial charge in [-0.15, -0.1) is 11.3 Å². The molecule has 0 aliphatic rings. The number of aromatic nitrogens is 4. The summed E-state index contributed by atoms with van der Waals surface area (Å²) >= 11 is 5.78. The molecule has 1 aromatic carbocycles. The molecule has 0 bridgehead atoms. The quantitative estimate of drug-likeness (QED) is 0.210. The molecule has 32 heavy (non-hydrogen) atoms. The average Bonchev–Trinajstić information content (AvgIpc) is 3.44. The van der Waals surface area contributed by atoms with Gasteiger partial charge in [0.15, 0.2) is 0 Å². The van der Waals surface area contributed by atoms with Crippen LogP contribution in [0.15, 0.2) is 75.7 Å². The molecule has 4 aromatic heterocycles. The van der Waals surface area contributed by atoms with Crippen molar-refractivity contribution in [3.63, 3.8) is 0 Å². The summed E-state index contributed by atoms with van der Waals surface area (Å²) in [7, 11) is 0. The minimum atomic E-state index is 0.447. The smallest absolute Gasteiger partial charge is 0.146 e. The summed E-state index contributed by atoms with van der Waals surface area (Å²) in [5.74, 6) is 1.70. The predicted octanol–water partition coefficient (Wildman–Crippen LogP) is 6.83. The number of fused-ring (bicyclic) bond motifs is 1. The predicted molar refractivity (Wildman–Crippen MR) is 138 cm³/mol. The van der Waals surface area contributed by atoms with Crippen LogP contribution in [0.1, 0.15) is 17.1 Å². The molecule has 0 aliphatic heterocycles. The molecule has 0 unspecified atom stereocenters. The topological polar surface area (TPSA) is 52.8 Å². The lowest BCUT2D eigenvalue weighted by molar-refractivity contribution is 0.305. The Hall–Kier alpha value is -2.43. The first-order valence-electron chi connectivity index (χ1n) is 9.97. The Morgan fingerprint density at radius 1 is 1.16 bits per heavy atom. The van der Waals surface area contributed by atoms with Gasteiger partial charge in [-0.05, 0) is 60.0 Å². The van der Waals surface area contributed by atoms with Crippen LogP contribution in [0, 0.1) is 17.4 Å². The summed E-state index contributed by atoms with van der Waals surface area (Å²) in [5.41, 5.74) is 3.98. The number of rotatable bonds is 6. The fraction of sp³-hybridized carbons (Fsp3) is 0.125. The second-order valence-corrected chi connectivity index (χ2v) is 10.7. The van der Waals surface area contributed by atoms with Gasteiger partial charge < -0.3 is 9.30 Å². The van der Waals surface area contributed by atoms with E-state index in [2.05, 4.69) is 66.8 Å². The molecule has 0 saturated carbocycles. The van der Waals surface area contributed by atoms with Gasteiger partial charge in [0.25, 0.3) is 0 Å². The van der Waals surface area contributed by atoms with Crippen molar-refractivity contribution >= 4 is 56.6 Å². The van der Waals surface area contributed by atoms with Crippen molar-refractivity contribution in [2.24, 2.45) is 0 Å². The molecule has 160 valence electrons. The summed E-state index contributed by atoms with van der Waals surface area (Å²) in [5, 5.41) is 3.12. The minimum Gasteiger partial charge on any atom is -0.487 e. The van der Waals surface area contributed by atoms with Crippen LogP contribution < -0.4 is 4.74 Å². The van der Waals surface area contributed by atoms with Gasteiger partial charge in [-0.3, -0.25) is 4.98 Å². The second-order valence-electron chi connectivity index (χ2n) is 7.20. The van der Waals surface area contributed by atoms with Crippen molar-refractivity contribution in [2.45, 2.75) is 29.6 Å². The molecule has 0 radical (unpaired) electrons. The number of benzene rings is 1. The van der Waals surface area contributed by atoms with Crippen molar-refractivity contribution in [1.82, 2.24) is 19.5 Å². The highest BCUT2D eigenvalue weighted by Crippen LogP contribution is 2.36. The third-order valence-electron chi connectivity index (χ3n) is 5.04. The van der Waals surface area contributed by atoms with E-state index in [1.807, 2.05) is 50.8 Å². The highest BCUT2D eigenvalue weighted by Gasteiger charge is 2.15. The van der Waals surface area contributed by atoms with E-state index < -0.39 is 0 Å². The van der Waals surface area contributed by atoms with Gasteiger partial charge in [0, 0.05) is 49.9 Å². The first-order chi connectivity index (χ1) is 15.6. The van der Waals surface area contributed by atoms with Gasteiger partial charge in [0.05, 0.1) is 9.90 Å². The first-order valence-corrected chi connectivity index (χ1v) is 12.7. The lowest BCUT2D eigenvalue weighted by Crippen LogP contribution is -2.03. The summed E-state index contributed by atoms with van der Waals surface area (Å²) in [6, 6.07) is 12.4. The van der Waals surface area contributed by atoms with E-state index in [1.54, 1.807) is 23.1 Å². The van der Waals surface area contributed by atoms with E-state index in [1.165, 1.54) is 4.21 Å². The Kier molecular flexibility index (Phi) is 6.16. The maximum Gasteiger partial charge on any atom is 0.146 e. The summed E-state index contributed by atoms with van der Waals surface area (Å²) in [6.45, 7) is 4.45. The van der Waals surface area contributed by atoms with Crippen LogP contribution >= 0.6 is 45.7 Å². The lowest BCUT2D eigenvalue weighted by atomic mass is 10.1. The Labute approximate surface area is 208 Å². The van der Waals surface area contributed by atoms with Crippen molar-refractivity contribution in [1.29, 1.82) is 0 Å². The monoisotopic (exact) mass is 570 g/mol. The van der Waals surface area contributed by atoms with Crippen LogP contribution in [0.4, 0.5) is 0 Å². The van der Waals surface area contributed by atoms with Gasteiger partial charge in [0.1, 0.15) is 23.7 Å². The van der Waals surface area contributed by atoms with E-state index in [-0.39, 0.29) is 0 Å². The van der Waals surface area contributed by atoms with Crippen LogP contribution in [-0.4, -0.2) is 19.5 Å².